The monoisotopic (exact) mass is 472 g/mol. The number of nitrogens with zero attached hydrogens (tertiary/aromatic N) is 2. The van der Waals surface area contributed by atoms with Gasteiger partial charge in [0.05, 0.1) is 11.3 Å². The Balaban J connectivity index is 1.35. The minimum Gasteiger partial charge on any atom is -0.365 e. The molecule has 0 radical (unpaired) electrons. The van der Waals surface area contributed by atoms with Crippen LogP contribution in [0.15, 0.2) is 11.4 Å². The van der Waals surface area contributed by atoms with Gasteiger partial charge in [-0.3, -0.25) is 9.59 Å². The zero-order valence-electron chi connectivity index (χ0n) is 17.3. The third-order valence-electron chi connectivity index (χ3n) is 6.07. The number of hydrogen-bond donors (Lipinski definition) is 2. The molecule has 0 aliphatic heterocycles. The van der Waals surface area contributed by atoms with E-state index in [4.69, 9.17) is 5.73 Å². The summed E-state index contributed by atoms with van der Waals surface area (Å²) < 4.78 is 0. The van der Waals surface area contributed by atoms with Gasteiger partial charge >= 0.3 is 0 Å². The Labute approximate surface area is 193 Å². The quantitative estimate of drug-likeness (QED) is 0.418. The summed E-state index contributed by atoms with van der Waals surface area (Å²) >= 11 is 4.69. The molecule has 6 nitrogen and oxygen atoms in total. The normalized spacial score (nSPS) is 17.9. The second-order valence-corrected chi connectivity index (χ2v) is 11.5. The Hall–Kier alpha value is -1.97. The number of nitrogens with one attached hydrogen (secondary N) is 1. The van der Waals surface area contributed by atoms with Gasteiger partial charge < -0.3 is 11.1 Å². The van der Waals surface area contributed by atoms with Gasteiger partial charge in [0, 0.05) is 15.1 Å². The predicted molar refractivity (Wildman–Crippen MR) is 127 cm³/mol. The second kappa shape index (κ2) is 8.52. The topological polar surface area (TPSA) is 98.0 Å². The average molecular weight is 473 g/mol. The van der Waals surface area contributed by atoms with E-state index in [-0.39, 0.29) is 11.7 Å². The van der Waals surface area contributed by atoms with Crippen LogP contribution in [0.25, 0.3) is 10.2 Å². The number of amides is 2. The molecule has 3 heterocycles. The zero-order chi connectivity index (χ0) is 21.5. The molecule has 3 aromatic rings. The number of nitrogens with two attached hydrogens (primary N) is 1. The number of thiophene rings is 2. The van der Waals surface area contributed by atoms with Crippen molar-refractivity contribution in [2.45, 2.75) is 56.9 Å². The molecule has 31 heavy (non-hydrogen) atoms. The smallest absolute Gasteiger partial charge is 0.251 e. The van der Waals surface area contributed by atoms with Crippen LogP contribution in [0, 0.1) is 5.92 Å². The Bertz CT molecular complexity index is 1180. The molecule has 0 aromatic carbocycles. The summed E-state index contributed by atoms with van der Waals surface area (Å²) in [6.45, 7) is 2.29. The largest absolute Gasteiger partial charge is 0.365 e. The molecule has 0 fully saturated rings. The summed E-state index contributed by atoms with van der Waals surface area (Å²) in [6, 6.07) is 0. The number of fused-ring (bicyclic) bond motifs is 4. The Kier molecular flexibility index (Phi) is 5.75. The minimum absolute atomic E-state index is 0.143. The van der Waals surface area contributed by atoms with Gasteiger partial charge in [-0.1, -0.05) is 18.7 Å². The van der Waals surface area contributed by atoms with Gasteiger partial charge in [-0.05, 0) is 62.0 Å². The highest BCUT2D eigenvalue weighted by Gasteiger charge is 2.26. The molecule has 0 saturated carbocycles. The molecule has 2 amide bonds. The Morgan fingerprint density at radius 2 is 2.00 bits per heavy atom. The van der Waals surface area contributed by atoms with Crippen molar-refractivity contribution >= 4 is 61.5 Å². The van der Waals surface area contributed by atoms with Crippen LogP contribution >= 0.6 is 34.4 Å². The number of primary amides is 1. The first-order valence-corrected chi connectivity index (χ1v) is 13.3. The maximum atomic E-state index is 12.8. The van der Waals surface area contributed by atoms with Crippen molar-refractivity contribution in [3.8, 4) is 0 Å². The van der Waals surface area contributed by atoms with Crippen LogP contribution in [0.5, 0.6) is 0 Å². The molecule has 5 rings (SSSR count). The molecule has 0 bridgehead atoms. The van der Waals surface area contributed by atoms with Gasteiger partial charge in [-0.15, -0.1) is 22.7 Å². The van der Waals surface area contributed by atoms with Crippen LogP contribution in [0.4, 0.5) is 5.00 Å². The molecule has 162 valence electrons. The number of aromatic nitrogens is 2. The molecule has 3 N–H and O–H groups in total. The first kappa shape index (κ1) is 20.9. The van der Waals surface area contributed by atoms with Gasteiger partial charge in [-0.25, -0.2) is 9.97 Å². The molecule has 2 aliphatic carbocycles. The van der Waals surface area contributed by atoms with E-state index in [9.17, 15) is 9.59 Å². The number of aryl methyl sites for hydroxylation is 2. The predicted octanol–water partition coefficient (Wildman–Crippen LogP) is 4.59. The molecule has 2 aliphatic rings. The van der Waals surface area contributed by atoms with Crippen LogP contribution in [-0.2, 0) is 30.5 Å². The second-order valence-electron chi connectivity index (χ2n) is 8.33. The van der Waals surface area contributed by atoms with E-state index in [0.29, 0.717) is 16.5 Å². The summed E-state index contributed by atoms with van der Waals surface area (Å²) in [4.78, 5) is 37.4. The lowest BCUT2D eigenvalue weighted by atomic mass is 9.89. The summed E-state index contributed by atoms with van der Waals surface area (Å²) in [7, 11) is 0. The number of anilines is 1. The highest BCUT2D eigenvalue weighted by Crippen LogP contribution is 2.41. The zero-order valence-corrected chi connectivity index (χ0v) is 19.8. The summed E-state index contributed by atoms with van der Waals surface area (Å²) in [5.74, 6) is 0.328. The molecule has 0 spiro atoms. The van der Waals surface area contributed by atoms with Crippen LogP contribution in [0.2, 0.25) is 0 Å². The lowest BCUT2D eigenvalue weighted by molar-refractivity contribution is -0.113. The molecule has 0 saturated heterocycles. The van der Waals surface area contributed by atoms with Crippen LogP contribution < -0.4 is 11.1 Å². The van der Waals surface area contributed by atoms with E-state index in [0.717, 1.165) is 59.3 Å². The first-order chi connectivity index (χ1) is 15.0. The number of rotatable bonds is 5. The molecule has 3 aromatic heterocycles. The van der Waals surface area contributed by atoms with Gasteiger partial charge in [0.2, 0.25) is 5.91 Å². The maximum Gasteiger partial charge on any atom is 0.251 e. The highest BCUT2D eigenvalue weighted by molar-refractivity contribution is 8.00. The van der Waals surface area contributed by atoms with Crippen molar-refractivity contribution in [2.75, 3.05) is 11.1 Å². The van der Waals surface area contributed by atoms with Gasteiger partial charge in [0.15, 0.2) is 0 Å². The van der Waals surface area contributed by atoms with Crippen LogP contribution in [0.1, 0.15) is 57.4 Å². The molecule has 1 unspecified atom stereocenters. The standard InChI is InChI=1S/C22H24N4O2S3/c1-11-6-7-13-15(8-11)31-21-18(13)20(24-10-25-21)29-9-16(27)26-22-17(19(23)28)12-4-2-3-5-14(12)30-22/h10-11H,2-9H2,1H3,(H2,23,28)(H,26,27). The van der Waals surface area contributed by atoms with E-state index in [1.807, 2.05) is 0 Å². The first-order valence-electron chi connectivity index (χ1n) is 10.6. The number of thioether (sulfide) groups is 1. The summed E-state index contributed by atoms with van der Waals surface area (Å²) in [5.41, 5.74) is 8.54. The van der Waals surface area contributed by atoms with Gasteiger partial charge in [0.1, 0.15) is 21.2 Å². The van der Waals surface area contributed by atoms with E-state index >= 15 is 0 Å². The fourth-order valence-corrected chi connectivity index (χ4v) is 8.12. The number of hydrogen-bond acceptors (Lipinski definition) is 7. The molecular formula is C22H24N4O2S3. The van der Waals surface area contributed by atoms with Crippen molar-refractivity contribution in [1.82, 2.24) is 9.97 Å². The van der Waals surface area contributed by atoms with Gasteiger partial charge in [-0.2, -0.15) is 0 Å². The fourth-order valence-electron chi connectivity index (χ4n) is 4.57. The van der Waals surface area contributed by atoms with Crippen molar-refractivity contribution in [3.63, 3.8) is 0 Å². The van der Waals surface area contributed by atoms with Gasteiger partial charge in [0.25, 0.3) is 5.91 Å². The van der Waals surface area contributed by atoms with Crippen LogP contribution in [0.3, 0.4) is 0 Å². The Morgan fingerprint density at radius 3 is 2.84 bits per heavy atom. The highest BCUT2D eigenvalue weighted by atomic mass is 32.2. The third kappa shape index (κ3) is 3.99. The van der Waals surface area contributed by atoms with E-state index in [2.05, 4.69) is 22.2 Å². The fraction of sp³-hybridized carbons (Fsp3) is 0.455. The molecule has 1 atom stereocenters. The maximum absolute atomic E-state index is 12.8. The summed E-state index contributed by atoms with van der Waals surface area (Å²) in [5, 5.41) is 5.53. The SMILES string of the molecule is CC1CCc2c(sc3ncnc(SCC(=O)Nc4sc5c(c4C(N)=O)CCCC5)c23)C1. The van der Waals surface area contributed by atoms with Crippen LogP contribution in [-0.4, -0.2) is 27.5 Å². The molecule has 9 heteroatoms. The lowest BCUT2D eigenvalue weighted by Crippen LogP contribution is -2.19. The number of carbonyl (C=O) groups is 2. The van der Waals surface area contributed by atoms with Crippen molar-refractivity contribution < 1.29 is 9.59 Å². The Morgan fingerprint density at radius 1 is 1.16 bits per heavy atom. The van der Waals surface area contributed by atoms with Crippen molar-refractivity contribution in [3.05, 3.63) is 32.8 Å². The lowest BCUT2D eigenvalue weighted by Gasteiger charge is -2.18. The van der Waals surface area contributed by atoms with E-state index < -0.39 is 5.91 Å². The minimum atomic E-state index is -0.459. The van der Waals surface area contributed by atoms with Crippen molar-refractivity contribution in [2.24, 2.45) is 11.7 Å². The van der Waals surface area contributed by atoms with E-state index in [1.54, 1.807) is 17.7 Å². The average Bonchev–Trinajstić information content (AvgIpc) is 3.29. The van der Waals surface area contributed by atoms with Crippen molar-refractivity contribution in [1.29, 1.82) is 0 Å². The van der Waals surface area contributed by atoms with E-state index in [1.165, 1.54) is 44.8 Å². The number of carbonyl (C=O) groups excluding carboxylic acids is 2. The summed E-state index contributed by atoms with van der Waals surface area (Å²) in [6.07, 6.45) is 8.89. The molecular weight excluding hydrogens is 448 g/mol. The third-order valence-corrected chi connectivity index (χ3v) is 9.43.